The highest BCUT2D eigenvalue weighted by Crippen LogP contribution is 2.17. The Morgan fingerprint density at radius 1 is 1.56 bits per heavy atom. The van der Waals surface area contributed by atoms with E-state index in [1.54, 1.807) is 4.90 Å². The van der Waals surface area contributed by atoms with Crippen LogP contribution in [0.15, 0.2) is 18.2 Å². The molecule has 0 spiro atoms. The second-order valence-corrected chi connectivity index (χ2v) is 4.66. The molecule has 0 bridgehead atoms. The predicted octanol–water partition coefficient (Wildman–Crippen LogP) is 2.62. The van der Waals surface area contributed by atoms with Gasteiger partial charge in [0, 0.05) is 25.1 Å². The van der Waals surface area contributed by atoms with Gasteiger partial charge in [0.25, 0.3) is 5.91 Å². The number of benzene rings is 1. The topological polar surface area (TPSA) is 46.3 Å². The van der Waals surface area contributed by atoms with Gasteiger partial charge in [0.05, 0.1) is 10.0 Å². The van der Waals surface area contributed by atoms with E-state index in [9.17, 15) is 9.18 Å². The second kappa shape index (κ2) is 6.66. The smallest absolute Gasteiger partial charge is 0.253 e. The number of nitrogens with two attached hydrogens (primary N) is 1. The second-order valence-electron chi connectivity index (χ2n) is 3.73. The van der Waals surface area contributed by atoms with Crippen molar-refractivity contribution in [2.75, 3.05) is 13.1 Å². The maximum absolute atomic E-state index is 13.0. The molecule has 6 heteroatoms. The summed E-state index contributed by atoms with van der Waals surface area (Å²) in [6, 6.07) is 3.91. The summed E-state index contributed by atoms with van der Waals surface area (Å²) in [7, 11) is 0. The van der Waals surface area contributed by atoms with Crippen molar-refractivity contribution in [3.63, 3.8) is 0 Å². The molecule has 0 unspecified atom stereocenters. The van der Waals surface area contributed by atoms with Crippen LogP contribution < -0.4 is 5.73 Å². The quantitative estimate of drug-likeness (QED) is 0.847. The Kier molecular flexibility index (Phi) is 5.50. The molecule has 0 aliphatic carbocycles. The third-order valence-corrected chi connectivity index (χ3v) is 2.96. The lowest BCUT2D eigenvalue weighted by molar-refractivity contribution is 0.0769. The van der Waals surface area contributed by atoms with Crippen LogP contribution in [0.25, 0.3) is 0 Å². The van der Waals surface area contributed by atoms with Crippen LogP contribution in [-0.4, -0.2) is 28.9 Å². The maximum Gasteiger partial charge on any atom is 0.253 e. The average Bonchev–Trinajstić information content (AvgIpc) is 2.32. The summed E-state index contributed by atoms with van der Waals surface area (Å²) < 4.78 is 13.0. The standard InChI is InChI=1S/C12H14ClFN2OS/c1-2-16(6-5-11(15)18)12(17)8-3-4-10(14)9(13)7-8/h3-4,7H,2,5-6H2,1H3,(H2,15,18). The zero-order valence-electron chi connectivity index (χ0n) is 9.95. The Balaban J connectivity index is 2.82. The lowest BCUT2D eigenvalue weighted by Gasteiger charge is -2.20. The summed E-state index contributed by atoms with van der Waals surface area (Å²) in [4.78, 5) is 14.1. The van der Waals surface area contributed by atoms with Gasteiger partial charge in [-0.3, -0.25) is 4.79 Å². The van der Waals surface area contributed by atoms with Crippen LogP contribution >= 0.6 is 23.8 Å². The molecule has 3 nitrogen and oxygen atoms in total. The van der Waals surface area contributed by atoms with Crippen LogP contribution in [0, 0.1) is 5.82 Å². The SMILES string of the molecule is CCN(CCC(N)=S)C(=O)c1ccc(F)c(Cl)c1. The van der Waals surface area contributed by atoms with Crippen LogP contribution in [0.3, 0.4) is 0 Å². The van der Waals surface area contributed by atoms with Gasteiger partial charge in [-0.05, 0) is 25.1 Å². The van der Waals surface area contributed by atoms with Crippen molar-refractivity contribution < 1.29 is 9.18 Å². The van der Waals surface area contributed by atoms with Gasteiger partial charge in [-0.2, -0.15) is 0 Å². The number of hydrogen-bond acceptors (Lipinski definition) is 2. The number of carbonyl (C=O) groups is 1. The van der Waals surface area contributed by atoms with Gasteiger partial charge in [0.1, 0.15) is 5.82 Å². The molecule has 0 fully saturated rings. The molecule has 0 atom stereocenters. The minimum atomic E-state index is -0.542. The molecule has 0 heterocycles. The van der Waals surface area contributed by atoms with E-state index in [0.29, 0.717) is 30.1 Å². The summed E-state index contributed by atoms with van der Waals surface area (Å²) >= 11 is 10.4. The molecule has 1 amide bonds. The summed E-state index contributed by atoms with van der Waals surface area (Å²) in [5, 5.41) is -0.0637. The minimum absolute atomic E-state index is 0.0637. The van der Waals surface area contributed by atoms with Gasteiger partial charge < -0.3 is 10.6 Å². The first kappa shape index (κ1) is 14.9. The normalized spacial score (nSPS) is 10.2. The Labute approximate surface area is 116 Å². The van der Waals surface area contributed by atoms with E-state index in [1.807, 2.05) is 6.92 Å². The fourth-order valence-electron chi connectivity index (χ4n) is 1.46. The molecule has 0 saturated carbocycles. The first-order valence-electron chi connectivity index (χ1n) is 5.48. The van der Waals surface area contributed by atoms with Gasteiger partial charge in [-0.1, -0.05) is 23.8 Å². The van der Waals surface area contributed by atoms with Crippen LogP contribution in [0.5, 0.6) is 0 Å². The lowest BCUT2D eigenvalue weighted by Crippen LogP contribution is -2.33. The Hall–Kier alpha value is -1.20. The molecular formula is C12H14ClFN2OS. The summed E-state index contributed by atoms with van der Waals surface area (Å²) in [6.45, 7) is 2.82. The van der Waals surface area contributed by atoms with Crippen molar-refractivity contribution in [1.82, 2.24) is 4.90 Å². The molecule has 0 radical (unpaired) electrons. The molecule has 0 aliphatic rings. The van der Waals surface area contributed by atoms with Crippen molar-refractivity contribution in [2.24, 2.45) is 5.73 Å². The van der Waals surface area contributed by atoms with E-state index < -0.39 is 5.82 Å². The number of carbonyl (C=O) groups excluding carboxylic acids is 1. The number of nitrogens with zero attached hydrogens (tertiary/aromatic N) is 1. The van der Waals surface area contributed by atoms with Crippen molar-refractivity contribution >= 4 is 34.7 Å². The molecule has 1 aromatic carbocycles. The van der Waals surface area contributed by atoms with Crippen LogP contribution in [0.4, 0.5) is 4.39 Å². The number of hydrogen-bond donors (Lipinski definition) is 1. The van der Waals surface area contributed by atoms with Crippen molar-refractivity contribution in [1.29, 1.82) is 0 Å². The molecule has 1 rings (SSSR count). The highest BCUT2D eigenvalue weighted by atomic mass is 35.5. The van der Waals surface area contributed by atoms with Crippen molar-refractivity contribution in [2.45, 2.75) is 13.3 Å². The molecule has 18 heavy (non-hydrogen) atoms. The van der Waals surface area contributed by atoms with Crippen LogP contribution in [0.1, 0.15) is 23.7 Å². The van der Waals surface area contributed by atoms with Crippen LogP contribution in [-0.2, 0) is 0 Å². The van der Waals surface area contributed by atoms with Crippen molar-refractivity contribution in [3.05, 3.63) is 34.6 Å². The fourth-order valence-corrected chi connectivity index (χ4v) is 1.73. The summed E-state index contributed by atoms with van der Waals surface area (Å²) in [6.07, 6.45) is 0.462. The highest BCUT2D eigenvalue weighted by Gasteiger charge is 2.15. The van der Waals surface area contributed by atoms with E-state index in [-0.39, 0.29) is 10.9 Å². The third kappa shape index (κ3) is 3.92. The molecule has 1 aromatic rings. The van der Waals surface area contributed by atoms with E-state index in [0.717, 1.165) is 0 Å². The predicted molar refractivity (Wildman–Crippen MR) is 74.4 cm³/mol. The first-order valence-corrected chi connectivity index (χ1v) is 6.27. The van der Waals surface area contributed by atoms with Gasteiger partial charge in [-0.15, -0.1) is 0 Å². The Morgan fingerprint density at radius 3 is 2.72 bits per heavy atom. The molecule has 98 valence electrons. The largest absolute Gasteiger partial charge is 0.393 e. The Bertz CT molecular complexity index is 467. The molecule has 0 aromatic heterocycles. The maximum atomic E-state index is 13.0. The zero-order valence-corrected chi connectivity index (χ0v) is 11.5. The third-order valence-electron chi connectivity index (χ3n) is 2.46. The number of amides is 1. The monoisotopic (exact) mass is 288 g/mol. The van der Waals surface area contributed by atoms with E-state index in [4.69, 9.17) is 29.6 Å². The minimum Gasteiger partial charge on any atom is -0.393 e. The molecular weight excluding hydrogens is 275 g/mol. The van der Waals surface area contributed by atoms with Gasteiger partial charge in [0.2, 0.25) is 0 Å². The van der Waals surface area contributed by atoms with Gasteiger partial charge in [-0.25, -0.2) is 4.39 Å². The van der Waals surface area contributed by atoms with Gasteiger partial charge in [0.15, 0.2) is 0 Å². The molecule has 0 aliphatic heterocycles. The van der Waals surface area contributed by atoms with E-state index in [1.165, 1.54) is 18.2 Å². The number of thiocarbonyl (C=S) groups is 1. The fraction of sp³-hybridized carbons (Fsp3) is 0.333. The first-order chi connectivity index (χ1) is 8.45. The highest BCUT2D eigenvalue weighted by molar-refractivity contribution is 7.80. The average molecular weight is 289 g/mol. The number of rotatable bonds is 5. The number of halogens is 2. The van der Waals surface area contributed by atoms with E-state index in [2.05, 4.69) is 0 Å². The Morgan fingerprint density at radius 2 is 2.22 bits per heavy atom. The molecule has 2 N–H and O–H groups in total. The van der Waals surface area contributed by atoms with Crippen molar-refractivity contribution in [3.8, 4) is 0 Å². The van der Waals surface area contributed by atoms with Gasteiger partial charge >= 0.3 is 0 Å². The lowest BCUT2D eigenvalue weighted by atomic mass is 10.2. The zero-order chi connectivity index (χ0) is 13.7. The van der Waals surface area contributed by atoms with E-state index >= 15 is 0 Å². The molecule has 0 saturated heterocycles. The summed E-state index contributed by atoms with van der Waals surface area (Å²) in [5.74, 6) is -0.755. The summed E-state index contributed by atoms with van der Waals surface area (Å²) in [5.41, 5.74) is 5.75. The van der Waals surface area contributed by atoms with Crippen LogP contribution in [0.2, 0.25) is 5.02 Å².